The van der Waals surface area contributed by atoms with Gasteiger partial charge < -0.3 is 14.8 Å². The summed E-state index contributed by atoms with van der Waals surface area (Å²) in [6.07, 6.45) is 1.31. The van der Waals surface area contributed by atoms with Crippen LogP contribution in [0.5, 0.6) is 0 Å². The first-order valence-electron chi connectivity index (χ1n) is 6.32. The zero-order chi connectivity index (χ0) is 15.1. The van der Waals surface area contributed by atoms with Crippen LogP contribution in [-0.4, -0.2) is 30.8 Å². The van der Waals surface area contributed by atoms with Crippen LogP contribution in [0.25, 0.3) is 0 Å². The average Bonchev–Trinajstić information content (AvgIpc) is 2.19. The number of esters is 1. The van der Waals surface area contributed by atoms with Gasteiger partial charge in [-0.05, 0) is 25.7 Å². The number of carbonyl (C=O) groups is 2. The van der Waals surface area contributed by atoms with Gasteiger partial charge in [-0.1, -0.05) is 27.4 Å². The fourth-order valence-corrected chi connectivity index (χ4v) is 1.96. The minimum absolute atomic E-state index is 0.0727. The lowest BCUT2D eigenvalue weighted by Gasteiger charge is -2.32. The minimum atomic E-state index is -0.542. The van der Waals surface area contributed by atoms with Crippen molar-refractivity contribution in [3.8, 4) is 0 Å². The predicted octanol–water partition coefficient (Wildman–Crippen LogP) is 2.66. The minimum Gasteiger partial charge on any atom is -0.461 e. The summed E-state index contributed by atoms with van der Waals surface area (Å²) in [6, 6.07) is 0. The Morgan fingerprint density at radius 1 is 1.21 bits per heavy atom. The highest BCUT2D eigenvalue weighted by Crippen LogP contribution is 2.29. The number of alkyl carbamates (subject to hydrolysis) is 1. The van der Waals surface area contributed by atoms with Gasteiger partial charge in [0.15, 0.2) is 0 Å². The second kappa shape index (κ2) is 7.16. The zero-order valence-electron chi connectivity index (χ0n) is 12.5. The Morgan fingerprint density at radius 2 is 1.79 bits per heavy atom. The first-order chi connectivity index (χ1) is 8.56. The highest BCUT2D eigenvalue weighted by atomic mass is 16.6. The SMILES string of the molecule is C=CC(=O)OCCNC(=O)OC(C)(C)CC(C)(C)C. The Morgan fingerprint density at radius 3 is 2.26 bits per heavy atom. The van der Waals surface area contributed by atoms with Crippen molar-refractivity contribution in [2.24, 2.45) is 5.41 Å². The number of carbonyl (C=O) groups excluding carboxylic acids is 2. The lowest BCUT2D eigenvalue weighted by Crippen LogP contribution is -2.38. The summed E-state index contributed by atoms with van der Waals surface area (Å²) < 4.78 is 10.1. The van der Waals surface area contributed by atoms with Gasteiger partial charge in [-0.25, -0.2) is 9.59 Å². The molecule has 0 saturated heterocycles. The van der Waals surface area contributed by atoms with Crippen molar-refractivity contribution in [1.29, 1.82) is 0 Å². The molecule has 0 bridgehead atoms. The van der Waals surface area contributed by atoms with Crippen LogP contribution in [0.15, 0.2) is 12.7 Å². The molecule has 0 aromatic heterocycles. The number of ether oxygens (including phenoxy) is 2. The van der Waals surface area contributed by atoms with Gasteiger partial charge in [0.1, 0.15) is 12.2 Å². The maximum atomic E-state index is 11.6. The summed E-state index contributed by atoms with van der Waals surface area (Å²) in [7, 11) is 0. The van der Waals surface area contributed by atoms with Gasteiger partial charge in [-0.15, -0.1) is 0 Å². The molecule has 0 rings (SSSR count). The largest absolute Gasteiger partial charge is 0.461 e. The van der Waals surface area contributed by atoms with E-state index in [0.717, 1.165) is 12.5 Å². The van der Waals surface area contributed by atoms with E-state index >= 15 is 0 Å². The fraction of sp³-hybridized carbons (Fsp3) is 0.714. The second-order valence-corrected chi connectivity index (χ2v) is 6.19. The third-order valence-electron chi connectivity index (χ3n) is 2.11. The Hall–Kier alpha value is -1.52. The molecule has 0 atom stereocenters. The van der Waals surface area contributed by atoms with E-state index < -0.39 is 17.7 Å². The molecule has 1 amide bonds. The normalized spacial score (nSPS) is 11.6. The molecule has 0 aliphatic heterocycles. The molecule has 0 radical (unpaired) electrons. The molecule has 5 nitrogen and oxygen atoms in total. The van der Waals surface area contributed by atoms with Crippen LogP contribution in [0, 0.1) is 5.41 Å². The van der Waals surface area contributed by atoms with Crippen molar-refractivity contribution in [3.63, 3.8) is 0 Å². The quantitative estimate of drug-likeness (QED) is 0.458. The standard InChI is InChI=1S/C14H25NO4/c1-7-11(16)18-9-8-15-12(17)19-14(5,6)10-13(2,3)4/h7H,1,8-10H2,2-6H3,(H,15,17). The molecule has 0 aliphatic carbocycles. The van der Waals surface area contributed by atoms with E-state index in [1.807, 2.05) is 13.8 Å². The molecule has 0 aromatic carbocycles. The average molecular weight is 271 g/mol. The van der Waals surface area contributed by atoms with Gasteiger partial charge in [0, 0.05) is 6.08 Å². The lowest BCUT2D eigenvalue weighted by molar-refractivity contribution is -0.137. The summed E-state index contributed by atoms with van der Waals surface area (Å²) in [6.45, 7) is 13.6. The summed E-state index contributed by atoms with van der Waals surface area (Å²) in [5, 5.41) is 2.53. The monoisotopic (exact) mass is 271 g/mol. The molecule has 0 unspecified atom stereocenters. The van der Waals surface area contributed by atoms with Crippen molar-refractivity contribution >= 4 is 12.1 Å². The van der Waals surface area contributed by atoms with E-state index in [9.17, 15) is 9.59 Å². The highest BCUT2D eigenvalue weighted by molar-refractivity contribution is 5.81. The first-order valence-corrected chi connectivity index (χ1v) is 6.32. The Bertz CT molecular complexity index is 329. The third-order valence-corrected chi connectivity index (χ3v) is 2.11. The third kappa shape index (κ3) is 10.1. The van der Waals surface area contributed by atoms with Gasteiger partial charge in [0.05, 0.1) is 6.54 Å². The van der Waals surface area contributed by atoms with Gasteiger partial charge in [0.25, 0.3) is 0 Å². The van der Waals surface area contributed by atoms with E-state index in [1.165, 1.54) is 0 Å². The Labute approximate surface area is 115 Å². The van der Waals surface area contributed by atoms with Crippen LogP contribution < -0.4 is 5.32 Å². The number of nitrogens with one attached hydrogen (secondary N) is 1. The smallest absolute Gasteiger partial charge is 0.407 e. The number of hydrogen-bond donors (Lipinski definition) is 1. The van der Waals surface area contributed by atoms with Crippen molar-refractivity contribution in [3.05, 3.63) is 12.7 Å². The topological polar surface area (TPSA) is 64.6 Å². The van der Waals surface area contributed by atoms with Crippen molar-refractivity contribution in [2.45, 2.75) is 46.6 Å². The van der Waals surface area contributed by atoms with E-state index in [1.54, 1.807) is 0 Å². The molecule has 0 aromatic rings. The Kier molecular flexibility index (Phi) is 6.59. The molecule has 110 valence electrons. The summed E-state index contributed by atoms with van der Waals surface area (Å²) in [5.74, 6) is -0.511. The van der Waals surface area contributed by atoms with Crippen LogP contribution in [0.4, 0.5) is 4.79 Å². The molecule has 0 aliphatic rings. The summed E-state index contributed by atoms with van der Waals surface area (Å²) in [4.78, 5) is 22.3. The highest BCUT2D eigenvalue weighted by Gasteiger charge is 2.28. The molecule has 0 fully saturated rings. The first kappa shape index (κ1) is 17.5. The molecule has 19 heavy (non-hydrogen) atoms. The summed E-state index contributed by atoms with van der Waals surface area (Å²) >= 11 is 0. The van der Waals surface area contributed by atoms with Crippen LogP contribution in [-0.2, 0) is 14.3 Å². The van der Waals surface area contributed by atoms with Gasteiger partial charge in [-0.2, -0.15) is 0 Å². The maximum Gasteiger partial charge on any atom is 0.407 e. The van der Waals surface area contributed by atoms with Gasteiger partial charge >= 0.3 is 12.1 Å². The molecular formula is C14H25NO4. The van der Waals surface area contributed by atoms with Crippen molar-refractivity contribution in [2.75, 3.05) is 13.2 Å². The van der Waals surface area contributed by atoms with Crippen LogP contribution in [0.1, 0.15) is 41.0 Å². The molecule has 5 heteroatoms. The molecule has 0 heterocycles. The maximum absolute atomic E-state index is 11.6. The van der Waals surface area contributed by atoms with E-state index in [4.69, 9.17) is 9.47 Å². The predicted molar refractivity (Wildman–Crippen MR) is 73.8 cm³/mol. The molecule has 0 saturated carbocycles. The molecule has 1 N–H and O–H groups in total. The second-order valence-electron chi connectivity index (χ2n) is 6.19. The molecule has 0 spiro atoms. The number of rotatable bonds is 6. The van der Waals surface area contributed by atoms with Crippen LogP contribution >= 0.6 is 0 Å². The van der Waals surface area contributed by atoms with E-state index in [0.29, 0.717) is 0 Å². The van der Waals surface area contributed by atoms with E-state index in [-0.39, 0.29) is 18.6 Å². The van der Waals surface area contributed by atoms with Crippen molar-refractivity contribution in [1.82, 2.24) is 5.32 Å². The fourth-order valence-electron chi connectivity index (χ4n) is 1.96. The number of hydrogen-bond acceptors (Lipinski definition) is 4. The van der Waals surface area contributed by atoms with Crippen LogP contribution in [0.2, 0.25) is 0 Å². The van der Waals surface area contributed by atoms with E-state index in [2.05, 4.69) is 32.7 Å². The molecular weight excluding hydrogens is 246 g/mol. The van der Waals surface area contributed by atoms with Crippen molar-refractivity contribution < 1.29 is 19.1 Å². The zero-order valence-corrected chi connectivity index (χ0v) is 12.5. The van der Waals surface area contributed by atoms with Gasteiger partial charge in [0.2, 0.25) is 0 Å². The van der Waals surface area contributed by atoms with Gasteiger partial charge in [-0.3, -0.25) is 0 Å². The number of amides is 1. The lowest BCUT2D eigenvalue weighted by atomic mass is 9.84. The Balaban J connectivity index is 3.97. The van der Waals surface area contributed by atoms with Crippen LogP contribution in [0.3, 0.4) is 0 Å². The summed E-state index contributed by atoms with van der Waals surface area (Å²) in [5.41, 5.74) is -0.469.